The van der Waals surface area contributed by atoms with Crippen molar-refractivity contribution in [3.05, 3.63) is 109 Å². The van der Waals surface area contributed by atoms with E-state index in [0.29, 0.717) is 17.4 Å². The number of unbranched alkanes of at least 4 members (excludes halogenated alkanes) is 34. The van der Waals surface area contributed by atoms with Crippen molar-refractivity contribution in [3.63, 3.8) is 0 Å². The largest absolute Gasteiger partial charge is 0.472 e. The lowest BCUT2D eigenvalue weighted by Gasteiger charge is -2.25. The standard InChI is InChI=1S/C74H133N2O6P/c1-6-8-10-12-14-16-18-20-22-24-26-28-29-30-31-32-33-34-35-36-37-38-39-40-41-42-43-44-45-46-47-48-50-52-54-56-58-60-62-64-66-68-74(78)75-72(71-82-83(79,80)81-70-69-76(3,4)5)73(77)67-65-63-61-59-57-55-53-51-49-27-25-23-21-19-17-15-13-11-9-7-2/h8,10,14,16,20,22,26,28,30-31,33-34,36-37,39-40,65,67,72-73,77H,6-7,9,11-13,15,17-19,21,23-25,27,29,32,35,38,41-64,66,68-71H2,1-5H3,(H-,75,78,79,80)/p+1/b10-8-,16-14-,22-20-,28-26-,31-30-,34-33-,37-36-,40-39-,67-65+. The number of nitrogens with zero attached hydrogens (tertiary/aromatic N) is 1. The van der Waals surface area contributed by atoms with Crippen molar-refractivity contribution >= 4 is 13.7 Å². The van der Waals surface area contributed by atoms with Gasteiger partial charge in [-0.05, 0) is 83.5 Å². The van der Waals surface area contributed by atoms with E-state index < -0.39 is 20.0 Å². The maximum absolute atomic E-state index is 13.0. The van der Waals surface area contributed by atoms with E-state index in [0.717, 1.165) is 89.9 Å². The normalized spacial score (nSPS) is 14.3. The molecule has 0 aromatic carbocycles. The number of allylic oxidation sites excluding steroid dienone is 17. The summed E-state index contributed by atoms with van der Waals surface area (Å²) in [6, 6.07) is -0.852. The SMILES string of the molecule is CC/C=C\C/C=C\C/C=C\C/C=C\C/C=C\C/C=C\C/C=C\C/C=C\CCCCCCCCCCCCCCCCCCC(=O)NC(COP(=O)(O)OCC[N+](C)(C)C)C(O)/C=C/CCCCCCCCCCCCCCCCCCCC. The van der Waals surface area contributed by atoms with E-state index in [1.165, 1.54) is 193 Å². The summed E-state index contributed by atoms with van der Waals surface area (Å²) in [5.74, 6) is -0.176. The summed E-state index contributed by atoms with van der Waals surface area (Å²) in [5, 5.41) is 14.0. The Bertz CT molecular complexity index is 1720. The molecule has 83 heavy (non-hydrogen) atoms. The van der Waals surface area contributed by atoms with Crippen LogP contribution in [0.1, 0.15) is 303 Å². The molecule has 9 heteroatoms. The van der Waals surface area contributed by atoms with Gasteiger partial charge in [-0.1, -0.05) is 322 Å². The average Bonchev–Trinajstić information content (AvgIpc) is 3.49. The number of hydrogen-bond acceptors (Lipinski definition) is 5. The Balaban J connectivity index is 4.02. The molecule has 3 N–H and O–H groups in total. The van der Waals surface area contributed by atoms with Crippen LogP contribution >= 0.6 is 7.82 Å². The van der Waals surface area contributed by atoms with Crippen molar-refractivity contribution in [1.82, 2.24) is 5.32 Å². The molecule has 0 saturated carbocycles. The number of phosphoric ester groups is 1. The third kappa shape index (κ3) is 66.5. The van der Waals surface area contributed by atoms with Gasteiger partial charge in [-0.2, -0.15) is 0 Å². The highest BCUT2D eigenvalue weighted by molar-refractivity contribution is 7.47. The third-order valence-electron chi connectivity index (χ3n) is 15.2. The number of hydrogen-bond donors (Lipinski definition) is 3. The van der Waals surface area contributed by atoms with Gasteiger partial charge in [0.2, 0.25) is 5.91 Å². The topological polar surface area (TPSA) is 105 Å². The average molecular weight is 1180 g/mol. The Morgan fingerprint density at radius 2 is 0.723 bits per heavy atom. The number of quaternary nitrogens is 1. The van der Waals surface area contributed by atoms with Gasteiger partial charge in [0, 0.05) is 6.42 Å². The number of carbonyl (C=O) groups is 1. The zero-order chi connectivity index (χ0) is 60.5. The Morgan fingerprint density at radius 1 is 0.422 bits per heavy atom. The van der Waals surface area contributed by atoms with Crippen LogP contribution in [-0.2, 0) is 18.4 Å². The highest BCUT2D eigenvalue weighted by Crippen LogP contribution is 2.43. The fraction of sp³-hybridized carbons (Fsp3) is 0.743. The minimum atomic E-state index is -4.36. The second-order valence-corrected chi connectivity index (χ2v) is 26.0. The van der Waals surface area contributed by atoms with Crippen LogP contribution in [-0.4, -0.2) is 73.4 Å². The number of aliphatic hydroxyl groups excluding tert-OH is 1. The van der Waals surface area contributed by atoms with E-state index in [2.05, 4.69) is 116 Å². The van der Waals surface area contributed by atoms with Crippen LogP contribution in [0.3, 0.4) is 0 Å². The molecule has 1 amide bonds. The van der Waals surface area contributed by atoms with Crippen LogP contribution in [0.15, 0.2) is 109 Å². The van der Waals surface area contributed by atoms with E-state index in [1.807, 2.05) is 27.2 Å². The van der Waals surface area contributed by atoms with E-state index in [1.54, 1.807) is 6.08 Å². The molecule has 0 heterocycles. The Labute approximate surface area is 514 Å². The zero-order valence-electron chi connectivity index (χ0n) is 54.9. The number of phosphoric acid groups is 1. The van der Waals surface area contributed by atoms with Crippen molar-refractivity contribution in [2.45, 2.75) is 315 Å². The van der Waals surface area contributed by atoms with Gasteiger partial charge in [-0.15, -0.1) is 0 Å². The number of aliphatic hydroxyl groups is 1. The molecule has 0 bridgehead atoms. The minimum Gasteiger partial charge on any atom is -0.387 e. The molecule has 0 spiro atoms. The first-order valence-electron chi connectivity index (χ1n) is 34.8. The number of rotatable bonds is 63. The maximum Gasteiger partial charge on any atom is 0.472 e. The molecule has 0 aromatic heterocycles. The molecule has 0 aliphatic carbocycles. The molecule has 3 unspecified atom stereocenters. The van der Waals surface area contributed by atoms with Gasteiger partial charge >= 0.3 is 7.82 Å². The summed E-state index contributed by atoms with van der Waals surface area (Å²) >= 11 is 0. The number of likely N-dealkylation sites (N-methyl/N-ethyl adjacent to an activating group) is 1. The van der Waals surface area contributed by atoms with Gasteiger partial charge < -0.3 is 19.8 Å². The quantitative estimate of drug-likeness (QED) is 0.0243. The molecule has 0 aromatic rings. The third-order valence-corrected chi connectivity index (χ3v) is 16.2. The summed E-state index contributed by atoms with van der Waals surface area (Å²) < 4.78 is 23.8. The smallest absolute Gasteiger partial charge is 0.387 e. The van der Waals surface area contributed by atoms with Crippen molar-refractivity contribution < 1.29 is 32.9 Å². The molecule has 0 fully saturated rings. The zero-order valence-corrected chi connectivity index (χ0v) is 55.8. The molecule has 8 nitrogen and oxygen atoms in total. The lowest BCUT2D eigenvalue weighted by molar-refractivity contribution is -0.870. The first kappa shape index (κ1) is 80.2. The number of carbonyl (C=O) groups excluding carboxylic acids is 1. The summed E-state index contributed by atoms with van der Waals surface area (Å²) in [4.78, 5) is 23.4. The monoisotopic (exact) mass is 1180 g/mol. The highest BCUT2D eigenvalue weighted by Gasteiger charge is 2.28. The minimum absolute atomic E-state index is 0.0593. The fourth-order valence-electron chi connectivity index (χ4n) is 9.88. The summed E-state index contributed by atoms with van der Waals surface area (Å²) in [7, 11) is 1.57. The van der Waals surface area contributed by atoms with Crippen molar-refractivity contribution in [2.24, 2.45) is 0 Å². The predicted molar refractivity (Wildman–Crippen MR) is 364 cm³/mol. The van der Waals surface area contributed by atoms with Crippen LogP contribution in [0.4, 0.5) is 0 Å². The van der Waals surface area contributed by atoms with Crippen molar-refractivity contribution in [1.29, 1.82) is 0 Å². The summed E-state index contributed by atoms with van der Waals surface area (Å²) in [5.41, 5.74) is 0. The molecule has 3 atom stereocenters. The van der Waals surface area contributed by atoms with E-state index in [-0.39, 0.29) is 19.1 Å². The van der Waals surface area contributed by atoms with Gasteiger partial charge in [0.25, 0.3) is 0 Å². The summed E-state index contributed by atoms with van der Waals surface area (Å²) in [6.45, 7) is 4.73. The predicted octanol–water partition coefficient (Wildman–Crippen LogP) is 22.3. The molecular formula is C74H134N2O6P+. The van der Waals surface area contributed by atoms with Gasteiger partial charge in [-0.25, -0.2) is 4.57 Å². The van der Waals surface area contributed by atoms with E-state index in [4.69, 9.17) is 9.05 Å². The molecular weight excluding hydrogens is 1040 g/mol. The van der Waals surface area contributed by atoms with Crippen LogP contribution in [0.5, 0.6) is 0 Å². The molecule has 0 aliphatic rings. The molecule has 0 rings (SSSR count). The molecule has 0 aliphatic heterocycles. The van der Waals surface area contributed by atoms with E-state index in [9.17, 15) is 19.4 Å². The fourth-order valence-corrected chi connectivity index (χ4v) is 10.6. The van der Waals surface area contributed by atoms with Gasteiger partial charge in [0.15, 0.2) is 0 Å². The van der Waals surface area contributed by atoms with E-state index >= 15 is 0 Å². The Morgan fingerprint density at radius 3 is 1.06 bits per heavy atom. The first-order chi connectivity index (χ1) is 40.5. The maximum atomic E-state index is 13.0. The van der Waals surface area contributed by atoms with Crippen molar-refractivity contribution in [3.8, 4) is 0 Å². The number of amides is 1. The highest BCUT2D eigenvalue weighted by atomic mass is 31.2. The lowest BCUT2D eigenvalue weighted by atomic mass is 10.0. The Hall–Kier alpha value is -2.84. The second-order valence-electron chi connectivity index (χ2n) is 24.5. The Kier molecular flexibility index (Phi) is 61.5. The van der Waals surface area contributed by atoms with Gasteiger partial charge in [-0.3, -0.25) is 13.8 Å². The number of nitrogens with one attached hydrogen (secondary N) is 1. The first-order valence-corrected chi connectivity index (χ1v) is 36.3. The van der Waals surface area contributed by atoms with Crippen molar-refractivity contribution in [2.75, 3.05) is 40.9 Å². The van der Waals surface area contributed by atoms with Crippen LogP contribution in [0.2, 0.25) is 0 Å². The van der Waals surface area contributed by atoms with Crippen LogP contribution in [0.25, 0.3) is 0 Å². The second kappa shape index (κ2) is 63.7. The van der Waals surface area contributed by atoms with Gasteiger partial charge in [0.05, 0.1) is 39.9 Å². The van der Waals surface area contributed by atoms with Crippen LogP contribution in [0, 0.1) is 0 Å². The molecule has 480 valence electrons. The molecule has 0 radical (unpaired) electrons. The molecule has 0 saturated heterocycles. The van der Waals surface area contributed by atoms with Gasteiger partial charge in [0.1, 0.15) is 13.2 Å². The lowest BCUT2D eigenvalue weighted by Crippen LogP contribution is -2.45. The van der Waals surface area contributed by atoms with Crippen LogP contribution < -0.4 is 5.32 Å². The summed E-state index contributed by atoms with van der Waals surface area (Å²) in [6.07, 6.45) is 93.7.